The number of nitrogens with two attached hydrogens (primary N) is 1. The van der Waals surface area contributed by atoms with Crippen LogP contribution in [0.2, 0.25) is 0 Å². The van der Waals surface area contributed by atoms with Gasteiger partial charge in [0.1, 0.15) is 24.3 Å². The van der Waals surface area contributed by atoms with Gasteiger partial charge in [-0.25, -0.2) is 23.3 Å². The summed E-state index contributed by atoms with van der Waals surface area (Å²) in [5, 5.41) is -0.129. The number of benzene rings is 1. The Labute approximate surface area is 259 Å². The molecular weight excluding hydrogens is 687 g/mol. The van der Waals surface area contributed by atoms with Gasteiger partial charge >= 0.3 is 35.1 Å². The van der Waals surface area contributed by atoms with Crippen molar-refractivity contribution in [3.63, 3.8) is 0 Å². The average molecular weight is 720 g/mol. The van der Waals surface area contributed by atoms with Crippen LogP contribution in [0.15, 0.2) is 41.3 Å². The molecule has 22 heteroatoms. The summed E-state index contributed by atoms with van der Waals surface area (Å²) in [6.07, 6.45) is -2.55. The first-order valence-electron chi connectivity index (χ1n) is 12.6. The maximum atomic E-state index is 13.4. The summed E-state index contributed by atoms with van der Waals surface area (Å²) >= 11 is 0. The van der Waals surface area contributed by atoms with Crippen molar-refractivity contribution < 1.29 is 60.7 Å². The van der Waals surface area contributed by atoms with Crippen LogP contribution in [0.1, 0.15) is 61.5 Å². The summed E-state index contributed by atoms with van der Waals surface area (Å²) in [5.74, 6) is -0.834. The van der Waals surface area contributed by atoms with Gasteiger partial charge in [-0.05, 0) is 24.6 Å². The Morgan fingerprint density at radius 2 is 1.80 bits per heavy atom. The molecule has 2 heterocycles. The molecule has 17 nitrogen and oxygen atoms in total. The monoisotopic (exact) mass is 719 g/mol. The van der Waals surface area contributed by atoms with Gasteiger partial charge in [0.05, 0.1) is 12.2 Å². The van der Waals surface area contributed by atoms with Crippen molar-refractivity contribution in [2.24, 2.45) is 0 Å². The number of anilines is 1. The van der Waals surface area contributed by atoms with Crippen LogP contribution < -0.4 is 11.4 Å². The van der Waals surface area contributed by atoms with Gasteiger partial charge < -0.3 is 34.8 Å². The van der Waals surface area contributed by atoms with Crippen molar-refractivity contribution in [2.75, 3.05) is 12.3 Å². The molecular formula is C22H32N3O14P3S2. The highest BCUT2D eigenvalue weighted by atomic mass is 33.1. The molecule has 0 saturated carbocycles. The first-order valence-corrected chi connectivity index (χ1v) is 19.3. The Bertz CT molecular complexity index is 1550. The van der Waals surface area contributed by atoms with Gasteiger partial charge in [0.15, 0.2) is 0 Å². The molecule has 1 aromatic heterocycles. The summed E-state index contributed by atoms with van der Waals surface area (Å²) < 4.78 is 59.6. The van der Waals surface area contributed by atoms with Gasteiger partial charge in [0.25, 0.3) is 0 Å². The van der Waals surface area contributed by atoms with Gasteiger partial charge in [-0.1, -0.05) is 60.6 Å². The molecule has 1 aliphatic rings. The van der Waals surface area contributed by atoms with E-state index >= 15 is 0 Å². The minimum absolute atomic E-state index is 0.0472. The quantitative estimate of drug-likeness (QED) is 0.112. The van der Waals surface area contributed by atoms with Crippen molar-refractivity contribution >= 4 is 56.8 Å². The number of nitrogen functional groups attached to an aromatic ring is 1. The van der Waals surface area contributed by atoms with Crippen molar-refractivity contribution in [1.82, 2.24) is 9.55 Å². The van der Waals surface area contributed by atoms with E-state index in [1.807, 2.05) is 6.92 Å². The molecule has 0 radical (unpaired) electrons. The van der Waals surface area contributed by atoms with Crippen LogP contribution in [0.5, 0.6) is 0 Å². The van der Waals surface area contributed by atoms with Gasteiger partial charge in [-0.15, -0.1) is 0 Å². The second-order valence-electron chi connectivity index (χ2n) is 10.3. The van der Waals surface area contributed by atoms with Crippen LogP contribution in [0, 0.1) is 0 Å². The Balaban J connectivity index is 1.83. The van der Waals surface area contributed by atoms with E-state index in [1.165, 1.54) is 12.3 Å². The fourth-order valence-electron chi connectivity index (χ4n) is 3.77. The smallest absolute Gasteiger partial charge is 0.456 e. The lowest BCUT2D eigenvalue weighted by Gasteiger charge is -2.23. The molecule has 4 unspecified atom stereocenters. The highest BCUT2D eigenvalue weighted by Crippen LogP contribution is 2.66. The number of hydrogen-bond acceptors (Lipinski definition) is 14. The van der Waals surface area contributed by atoms with Crippen LogP contribution in [-0.4, -0.2) is 58.7 Å². The molecule has 0 bridgehead atoms. The first-order chi connectivity index (χ1) is 20.1. The van der Waals surface area contributed by atoms with E-state index in [1.54, 1.807) is 45.9 Å². The van der Waals surface area contributed by atoms with E-state index < -0.39 is 60.2 Å². The minimum Gasteiger partial charge on any atom is -0.456 e. The molecule has 6 atom stereocenters. The molecule has 1 saturated heterocycles. The zero-order valence-corrected chi connectivity index (χ0v) is 28.0. The van der Waals surface area contributed by atoms with Crippen molar-refractivity contribution in [3.8, 4) is 0 Å². The van der Waals surface area contributed by atoms with Crippen LogP contribution in [0.25, 0.3) is 0 Å². The van der Waals surface area contributed by atoms with E-state index in [2.05, 4.69) is 34.4 Å². The molecule has 246 valence electrons. The molecule has 0 aliphatic carbocycles. The van der Waals surface area contributed by atoms with E-state index in [0.717, 1.165) is 4.57 Å². The molecule has 1 aromatic carbocycles. The highest BCUT2D eigenvalue weighted by Gasteiger charge is 2.44. The summed E-state index contributed by atoms with van der Waals surface area (Å²) in [6, 6.07) is 8.08. The number of aromatic nitrogens is 2. The molecule has 0 spiro atoms. The summed E-state index contributed by atoms with van der Waals surface area (Å²) in [6.45, 7) is 7.18. The number of phosphoric acid groups is 3. The fourth-order valence-corrected chi connectivity index (χ4v) is 9.15. The number of rotatable bonds is 13. The lowest BCUT2D eigenvalue weighted by atomic mass is 10.0. The number of ether oxygens (including phenoxy) is 2. The van der Waals surface area contributed by atoms with Gasteiger partial charge in [-0.3, -0.25) is 9.09 Å². The van der Waals surface area contributed by atoms with Crippen LogP contribution in [-0.2, 0) is 36.3 Å². The number of hydrogen-bond donors (Lipinski definition) is 5. The van der Waals surface area contributed by atoms with E-state index in [0.29, 0.717) is 5.56 Å². The first kappa shape index (κ1) is 36.9. The van der Waals surface area contributed by atoms with Crippen LogP contribution >= 0.6 is 45.1 Å². The minimum atomic E-state index is -5.77. The van der Waals surface area contributed by atoms with Crippen LogP contribution in [0.4, 0.5) is 5.82 Å². The van der Waals surface area contributed by atoms with Crippen molar-refractivity contribution in [3.05, 3.63) is 58.1 Å². The average Bonchev–Trinajstić information content (AvgIpc) is 3.25. The zero-order valence-electron chi connectivity index (χ0n) is 23.7. The molecule has 44 heavy (non-hydrogen) atoms. The summed E-state index contributed by atoms with van der Waals surface area (Å²) in [4.78, 5) is 66.2. The number of phosphoric ester groups is 1. The third kappa shape index (κ3) is 11.4. The van der Waals surface area contributed by atoms with E-state index in [4.69, 9.17) is 29.5 Å². The molecule has 0 amide bonds. The highest BCUT2D eigenvalue weighted by molar-refractivity contribution is 8.77. The van der Waals surface area contributed by atoms with Gasteiger partial charge in [0, 0.05) is 22.6 Å². The Morgan fingerprint density at radius 3 is 2.41 bits per heavy atom. The molecule has 6 N–H and O–H groups in total. The number of nitrogens with zero attached hydrogens (tertiary/aromatic N) is 2. The summed E-state index contributed by atoms with van der Waals surface area (Å²) in [5.41, 5.74) is 5.66. The largest absolute Gasteiger partial charge is 0.490 e. The van der Waals surface area contributed by atoms with E-state index in [9.17, 15) is 33.1 Å². The Morgan fingerprint density at radius 1 is 1.14 bits per heavy atom. The standard InChI is InChI=1S/C22H32N3O14P3S2/c1-13(43-44-22(2,3)4)14-7-5-6-8-15(14)20(26)37-16-11-19(25-10-9-18(23)24-21(25)27)36-17(16)12-35-41(31,32)39-42(33,34)38-40(28,29)30/h5-10,13,16-17,19H,11-12H2,1-4H3,(H,31,32)(H,33,34)(H2,23,24,27)(H2,28,29,30)/t13?,16?,17-,19-/m1/s1. The molecule has 1 fully saturated rings. The fraction of sp³-hybridized carbons (Fsp3) is 0.500. The van der Waals surface area contributed by atoms with Crippen LogP contribution in [0.3, 0.4) is 0 Å². The predicted molar refractivity (Wildman–Crippen MR) is 160 cm³/mol. The van der Waals surface area contributed by atoms with Crippen molar-refractivity contribution in [1.29, 1.82) is 0 Å². The maximum Gasteiger partial charge on any atom is 0.490 e. The van der Waals surface area contributed by atoms with Gasteiger partial charge in [-0.2, -0.15) is 13.6 Å². The maximum absolute atomic E-state index is 13.4. The van der Waals surface area contributed by atoms with Crippen molar-refractivity contribution in [2.45, 2.75) is 62.5 Å². The van der Waals surface area contributed by atoms with Gasteiger partial charge in [0.2, 0.25) is 0 Å². The van der Waals surface area contributed by atoms with E-state index in [-0.39, 0.29) is 27.8 Å². The Kier molecular flexibility index (Phi) is 12.1. The Hall–Kier alpha value is -1.56. The number of carbonyl (C=O) groups excluding carboxylic acids is 1. The third-order valence-corrected chi connectivity index (χ3v) is 13.1. The third-order valence-electron chi connectivity index (χ3n) is 5.48. The molecule has 1 aliphatic heterocycles. The SMILES string of the molecule is CC(SSC(C)(C)C)c1ccccc1C(=O)OC1C[C@H](n2ccc(N)nc2=O)O[C@@H]1COP(=O)(O)OP(=O)(O)OP(=O)(O)O. The lowest BCUT2D eigenvalue weighted by Crippen LogP contribution is -2.31. The normalized spacial score (nSPS) is 22.6. The summed E-state index contributed by atoms with van der Waals surface area (Å²) in [7, 11) is -13.7. The zero-order chi connectivity index (χ0) is 33.1. The topological polar surface area (TPSA) is 256 Å². The molecule has 3 rings (SSSR count). The lowest BCUT2D eigenvalue weighted by molar-refractivity contribution is -0.0511. The second kappa shape index (κ2) is 14.5. The number of esters is 1. The predicted octanol–water partition coefficient (Wildman–Crippen LogP) is 3.92. The number of carbonyl (C=O) groups is 1. The second-order valence-corrected chi connectivity index (χ2v) is 18.0. The molecule has 2 aromatic rings.